The summed E-state index contributed by atoms with van der Waals surface area (Å²) in [5, 5.41) is 30.3. The summed E-state index contributed by atoms with van der Waals surface area (Å²) in [6.07, 6.45) is -6.64. The van der Waals surface area contributed by atoms with Gasteiger partial charge in [0.2, 0.25) is 5.91 Å². The molecule has 0 aliphatic carbocycles. The number of aliphatic hydroxyl groups excluding tert-OH is 1. The number of carboxylic acid groups (broad SMARTS) is 1. The van der Waals surface area contributed by atoms with Gasteiger partial charge in [0.1, 0.15) is 55.5 Å². The van der Waals surface area contributed by atoms with E-state index in [-0.39, 0.29) is 49.3 Å². The van der Waals surface area contributed by atoms with E-state index in [0.717, 1.165) is 10.1 Å². The lowest BCUT2D eigenvalue weighted by atomic mass is 9.99. The molecule has 1 fully saturated rings. The molecule has 5 rings (SSSR count). The lowest BCUT2D eigenvalue weighted by molar-refractivity contribution is -0.149. The van der Waals surface area contributed by atoms with Crippen molar-refractivity contribution in [1.82, 2.24) is 25.1 Å². The second kappa shape index (κ2) is 25.5. The van der Waals surface area contributed by atoms with Gasteiger partial charge in [-0.1, -0.05) is 114 Å². The highest BCUT2D eigenvalue weighted by molar-refractivity contribution is 6.74. The van der Waals surface area contributed by atoms with Gasteiger partial charge in [-0.2, -0.15) is 0 Å². The molecule has 21 heteroatoms. The van der Waals surface area contributed by atoms with Crippen LogP contribution in [0.3, 0.4) is 0 Å². The fourth-order valence-corrected chi connectivity index (χ4v) is 10.1. The molecule has 3 aromatic carbocycles. The van der Waals surface area contributed by atoms with Crippen LogP contribution in [-0.2, 0) is 57.2 Å². The average molecular weight is 1060 g/mol. The molecule has 1 unspecified atom stereocenters. The number of aromatic nitrogens is 2. The first kappa shape index (κ1) is 58.9. The van der Waals surface area contributed by atoms with Crippen LogP contribution in [0.25, 0.3) is 0 Å². The highest BCUT2D eigenvalue weighted by Crippen LogP contribution is 2.46. The number of carboxylic acids is 1. The number of carbonyl (C=O) groups excluding carboxylic acids is 3. The van der Waals surface area contributed by atoms with E-state index in [9.17, 15) is 39.0 Å². The fourth-order valence-electron chi connectivity index (χ4n) is 7.55. The third-order valence-electron chi connectivity index (χ3n) is 14.0. The van der Waals surface area contributed by atoms with E-state index in [4.69, 9.17) is 27.8 Å². The van der Waals surface area contributed by atoms with Crippen LogP contribution < -0.4 is 31.9 Å². The number of rotatable bonds is 24. The highest BCUT2D eigenvalue weighted by Gasteiger charge is 2.57. The minimum Gasteiger partial charge on any atom is -0.497 e. The molecule has 404 valence electrons. The molecular weight excluding hydrogens is 987 g/mol. The molecule has 1 aliphatic rings. The maximum Gasteiger partial charge on any atom is 0.408 e. The van der Waals surface area contributed by atoms with Crippen LogP contribution in [0.5, 0.6) is 5.75 Å². The molecule has 2 amide bonds. The highest BCUT2D eigenvalue weighted by atomic mass is 28.4. The number of nitrogens with one attached hydrogen (secondary N) is 3. The van der Waals surface area contributed by atoms with Crippen molar-refractivity contribution in [2.24, 2.45) is 0 Å². The molecule has 0 radical (unpaired) electrons. The minimum absolute atomic E-state index is 0.0404. The van der Waals surface area contributed by atoms with Gasteiger partial charge in [-0.05, 0) is 78.1 Å². The number of alkyl carbamates (subject to hydrolysis) is 1. The predicted octanol–water partition coefficient (Wildman–Crippen LogP) is 6.08. The van der Waals surface area contributed by atoms with Gasteiger partial charge < -0.3 is 54.0 Å². The Balaban J connectivity index is 1.37. The van der Waals surface area contributed by atoms with Crippen molar-refractivity contribution in [3.05, 3.63) is 135 Å². The van der Waals surface area contributed by atoms with E-state index in [0.29, 0.717) is 16.9 Å². The van der Waals surface area contributed by atoms with E-state index in [1.54, 1.807) is 72.8 Å². The summed E-state index contributed by atoms with van der Waals surface area (Å²) in [5.41, 5.74) is 0.811. The van der Waals surface area contributed by atoms with Crippen LogP contribution in [-0.4, -0.2) is 117 Å². The number of carbonyl (C=O) groups is 4. The summed E-state index contributed by atoms with van der Waals surface area (Å²) in [7, 11) is -4.05. The summed E-state index contributed by atoms with van der Waals surface area (Å²) < 4.78 is 39.2. The number of amides is 2. The predicted molar refractivity (Wildman–Crippen MR) is 283 cm³/mol. The van der Waals surface area contributed by atoms with Crippen LogP contribution in [0.2, 0.25) is 36.3 Å². The van der Waals surface area contributed by atoms with Crippen molar-refractivity contribution < 1.29 is 57.2 Å². The SMILES string of the molecule is COc1ccc(Cn2c(=O)ccn([C@@H]3O[C@H](C(O)[C@H](NCCCNC(=O)[C@H](CC(=O)OCc4ccccc4)NC(=O)OCc4ccccc4)C(=O)O)[C@@H](O[Si](C)(C)C(C)(C)C)[C@H]3O[Si](C)(C)C(C)(C)C)c2=O)cc1. The maximum absolute atomic E-state index is 14.5. The number of esters is 1. The van der Waals surface area contributed by atoms with Gasteiger partial charge in [0.05, 0.1) is 20.1 Å². The van der Waals surface area contributed by atoms with Gasteiger partial charge in [-0.3, -0.25) is 28.3 Å². The third kappa shape index (κ3) is 15.8. The van der Waals surface area contributed by atoms with Crippen molar-refractivity contribution in [2.75, 3.05) is 20.2 Å². The smallest absolute Gasteiger partial charge is 0.408 e. The summed E-state index contributed by atoms with van der Waals surface area (Å²) in [5.74, 6) is -2.29. The molecule has 7 atom stereocenters. The molecule has 19 nitrogen and oxygen atoms in total. The molecule has 0 bridgehead atoms. The van der Waals surface area contributed by atoms with Crippen molar-refractivity contribution in [1.29, 1.82) is 0 Å². The fraction of sp³-hybridized carbons (Fsp3) is 0.509. The zero-order chi connectivity index (χ0) is 54.6. The van der Waals surface area contributed by atoms with Crippen molar-refractivity contribution >= 4 is 40.6 Å². The Morgan fingerprint density at radius 1 is 0.743 bits per heavy atom. The number of aliphatic carboxylic acids is 1. The van der Waals surface area contributed by atoms with E-state index in [1.807, 2.05) is 79.9 Å². The molecule has 1 aromatic heterocycles. The Kier molecular flexibility index (Phi) is 20.3. The second-order valence-electron chi connectivity index (χ2n) is 21.5. The monoisotopic (exact) mass is 1060 g/mol. The summed E-state index contributed by atoms with van der Waals surface area (Å²) in [6, 6.07) is 23.0. The van der Waals surface area contributed by atoms with E-state index < -0.39 is 101 Å². The van der Waals surface area contributed by atoms with Crippen LogP contribution in [0.4, 0.5) is 4.79 Å². The quantitative estimate of drug-likeness (QED) is 0.0303. The molecule has 0 spiro atoms. The number of methoxy groups -OCH3 is 1. The molecule has 74 heavy (non-hydrogen) atoms. The molecule has 1 saturated heterocycles. The van der Waals surface area contributed by atoms with Gasteiger partial charge in [0.15, 0.2) is 22.9 Å². The first-order valence-corrected chi connectivity index (χ1v) is 30.6. The number of benzene rings is 3. The Morgan fingerprint density at radius 2 is 1.30 bits per heavy atom. The van der Waals surface area contributed by atoms with Crippen LogP contribution in [0, 0.1) is 0 Å². The maximum atomic E-state index is 14.5. The first-order chi connectivity index (χ1) is 34.7. The minimum atomic E-state index is -2.80. The van der Waals surface area contributed by atoms with Gasteiger partial charge in [-0.15, -0.1) is 0 Å². The Bertz CT molecular complexity index is 2560. The van der Waals surface area contributed by atoms with Gasteiger partial charge >= 0.3 is 23.7 Å². The molecule has 4 aromatic rings. The first-order valence-electron chi connectivity index (χ1n) is 24.8. The zero-order valence-electron chi connectivity index (χ0n) is 44.4. The normalized spacial score (nSPS) is 18.4. The lowest BCUT2D eigenvalue weighted by Gasteiger charge is -2.44. The second-order valence-corrected chi connectivity index (χ2v) is 31.0. The Labute approximate surface area is 435 Å². The van der Waals surface area contributed by atoms with Gasteiger partial charge in [-0.25, -0.2) is 9.59 Å². The number of nitrogens with zero attached hydrogens (tertiary/aromatic N) is 2. The van der Waals surface area contributed by atoms with Crippen LogP contribution in [0.1, 0.15) is 77.3 Å². The summed E-state index contributed by atoms with van der Waals surface area (Å²) in [4.78, 5) is 80.5. The third-order valence-corrected chi connectivity index (χ3v) is 22.9. The van der Waals surface area contributed by atoms with Gasteiger partial charge in [0, 0.05) is 18.8 Å². The number of hydrogen-bond donors (Lipinski definition) is 5. The Morgan fingerprint density at radius 3 is 1.84 bits per heavy atom. The van der Waals surface area contributed by atoms with Crippen molar-refractivity contribution in [2.45, 2.75) is 153 Å². The Hall–Kier alpha value is -5.95. The van der Waals surface area contributed by atoms with Gasteiger partial charge in [0.25, 0.3) is 5.56 Å². The molecule has 5 N–H and O–H groups in total. The summed E-state index contributed by atoms with van der Waals surface area (Å²) >= 11 is 0. The van der Waals surface area contributed by atoms with Crippen LogP contribution in [0.15, 0.2) is 107 Å². The lowest BCUT2D eigenvalue weighted by Crippen LogP contribution is -2.59. The topological polar surface area (TPSA) is 244 Å². The number of aliphatic hydroxyl groups is 1. The van der Waals surface area contributed by atoms with E-state index >= 15 is 0 Å². The average Bonchev–Trinajstić information content (AvgIpc) is 3.67. The standard InChI is InChI=1S/C53H75N5O14Si2/c1-52(2,3)73(8,9)71-45-44(70-48(46(45)72-74(10,11)53(4,5)6)57-30-27-40(59)58(51(57)66)32-35-23-25-38(67-7)26-24-35)43(61)42(49(63)64)54-28-18-29-55-47(62)39(31-41(60)68-33-36-19-14-12-15-20-36)56-50(65)69-34-37-21-16-13-17-22-37/h12-17,19-27,30,39,42-46,48,54,61H,18,28-29,31-34H2,1-11H3,(H,55,62)(H,56,65)(H,63,64)/t39-,42-,43?,44+,45+,46+,48+/m0/s1. The number of ether oxygens (including phenoxy) is 4. The largest absolute Gasteiger partial charge is 0.497 e. The van der Waals surface area contributed by atoms with E-state index in [1.165, 1.54) is 23.9 Å². The molecule has 0 saturated carbocycles. The van der Waals surface area contributed by atoms with Crippen molar-refractivity contribution in [3.63, 3.8) is 0 Å². The zero-order valence-corrected chi connectivity index (χ0v) is 46.4. The van der Waals surface area contributed by atoms with Crippen molar-refractivity contribution in [3.8, 4) is 5.75 Å². The molecule has 1 aliphatic heterocycles. The summed E-state index contributed by atoms with van der Waals surface area (Å²) in [6.45, 7) is 20.0. The molecular formula is C53H75N5O14Si2. The molecule has 2 heterocycles. The number of hydrogen-bond acceptors (Lipinski definition) is 14. The van der Waals surface area contributed by atoms with E-state index in [2.05, 4.69) is 16.0 Å². The van der Waals surface area contributed by atoms with Crippen LogP contribution >= 0.6 is 0 Å².